The van der Waals surface area contributed by atoms with E-state index in [4.69, 9.17) is 27.1 Å². The predicted molar refractivity (Wildman–Crippen MR) is 192 cm³/mol. The van der Waals surface area contributed by atoms with E-state index in [9.17, 15) is 32.0 Å². The first-order valence-electron chi connectivity index (χ1n) is 17.6. The molecule has 4 saturated heterocycles. The third-order valence-electron chi connectivity index (χ3n) is 11.4. The number of nitriles is 1. The van der Waals surface area contributed by atoms with Crippen LogP contribution >= 0.6 is 22.9 Å². The van der Waals surface area contributed by atoms with E-state index in [-0.39, 0.29) is 92.2 Å². The van der Waals surface area contributed by atoms with Crippen LogP contribution in [0.2, 0.25) is 5.02 Å². The van der Waals surface area contributed by atoms with E-state index in [1.807, 2.05) is 11.0 Å². The number of alkyl halides is 4. The molecule has 7 heterocycles. The fourth-order valence-corrected chi connectivity index (χ4v) is 10.2. The number of nitrogen functional groups attached to an aromatic ring is 1. The molecule has 0 saturated carbocycles. The molecule has 2 aromatic carbocycles. The number of piperazine rings is 1. The van der Waals surface area contributed by atoms with Crippen LogP contribution in [0.15, 0.2) is 30.6 Å². The highest BCUT2D eigenvalue weighted by molar-refractivity contribution is 7.23. The van der Waals surface area contributed by atoms with E-state index >= 15 is 4.39 Å². The molecule has 19 heteroatoms. The van der Waals surface area contributed by atoms with Crippen molar-refractivity contribution in [2.24, 2.45) is 0 Å². The highest BCUT2D eigenvalue weighted by atomic mass is 35.5. The minimum Gasteiger partial charge on any atom is -0.461 e. The molecule has 0 radical (unpaired) electrons. The Bertz CT molecular complexity index is 2440. The summed E-state index contributed by atoms with van der Waals surface area (Å²) in [6.07, 6.45) is -1.50. The molecule has 55 heavy (non-hydrogen) atoms. The molecule has 5 aromatic rings. The van der Waals surface area contributed by atoms with Crippen LogP contribution in [0, 0.1) is 23.0 Å². The van der Waals surface area contributed by atoms with Crippen LogP contribution < -0.4 is 15.4 Å². The van der Waals surface area contributed by atoms with Gasteiger partial charge in [0, 0.05) is 48.6 Å². The van der Waals surface area contributed by atoms with E-state index in [1.165, 1.54) is 17.0 Å². The SMILES string of the molecule is N#Cc1c(N)sc2c(F)ccc(-c3c(Cl)cc4c(N5CC6CCC(C5)N6C(=O)n5cc(C(F)(F)F)cn5)nc(OC[C@@]56CCCN5C[C@H](F)C6)nc4c3F)c12. The van der Waals surface area contributed by atoms with Gasteiger partial charge in [0.05, 0.1) is 44.7 Å². The number of benzene rings is 2. The third kappa shape index (κ3) is 5.72. The van der Waals surface area contributed by atoms with E-state index in [2.05, 4.69) is 15.0 Å². The molecule has 2 N–H and O–H groups in total. The van der Waals surface area contributed by atoms with Gasteiger partial charge in [-0.3, -0.25) is 4.90 Å². The van der Waals surface area contributed by atoms with Gasteiger partial charge in [-0.2, -0.15) is 38.2 Å². The minimum atomic E-state index is -4.67. The number of nitrogens with two attached hydrogens (primary N) is 1. The van der Waals surface area contributed by atoms with Crippen LogP contribution in [0.3, 0.4) is 0 Å². The normalized spacial score (nSPS) is 23.9. The molecule has 3 aromatic heterocycles. The first-order valence-corrected chi connectivity index (χ1v) is 18.8. The van der Waals surface area contributed by atoms with Crippen LogP contribution in [-0.2, 0) is 6.18 Å². The van der Waals surface area contributed by atoms with Gasteiger partial charge in [0.15, 0.2) is 5.82 Å². The summed E-state index contributed by atoms with van der Waals surface area (Å²) in [5.74, 6) is -1.29. The summed E-state index contributed by atoms with van der Waals surface area (Å²) >= 11 is 7.72. The molecule has 0 aliphatic carbocycles. The molecular formula is C36H30ClF6N9O2S. The van der Waals surface area contributed by atoms with Crippen molar-refractivity contribution < 1.29 is 35.9 Å². The Morgan fingerprint density at radius 2 is 1.93 bits per heavy atom. The number of aromatic nitrogens is 4. The minimum absolute atomic E-state index is 0.0202. The highest BCUT2D eigenvalue weighted by Crippen LogP contribution is 2.47. The molecule has 0 spiro atoms. The average Bonchev–Trinajstić information content (AvgIpc) is 3.95. The van der Waals surface area contributed by atoms with Crippen LogP contribution in [0.5, 0.6) is 6.01 Å². The molecule has 2 unspecified atom stereocenters. The van der Waals surface area contributed by atoms with Crippen molar-refractivity contribution in [2.75, 3.05) is 43.4 Å². The van der Waals surface area contributed by atoms with Crippen molar-refractivity contribution >= 4 is 60.8 Å². The highest BCUT2D eigenvalue weighted by Gasteiger charge is 2.50. The van der Waals surface area contributed by atoms with Crippen molar-refractivity contribution in [2.45, 2.75) is 62.1 Å². The average molecular weight is 802 g/mol. The van der Waals surface area contributed by atoms with Gasteiger partial charge in [-0.15, -0.1) is 11.3 Å². The Labute approximate surface area is 317 Å². The van der Waals surface area contributed by atoms with Crippen molar-refractivity contribution in [3.63, 3.8) is 0 Å². The fourth-order valence-electron chi connectivity index (χ4n) is 8.95. The monoisotopic (exact) mass is 801 g/mol. The van der Waals surface area contributed by atoms with Gasteiger partial charge in [-0.25, -0.2) is 18.0 Å². The second kappa shape index (κ2) is 12.8. The zero-order chi connectivity index (χ0) is 38.6. The number of hydrogen-bond donors (Lipinski definition) is 1. The summed E-state index contributed by atoms with van der Waals surface area (Å²) in [6, 6.07) is 4.16. The number of hydrogen-bond acceptors (Lipinski definition) is 10. The molecule has 4 aliphatic rings. The number of anilines is 2. The second-order valence-corrected chi connectivity index (χ2v) is 16.0. The molecule has 4 fully saturated rings. The van der Waals surface area contributed by atoms with Gasteiger partial charge in [0.1, 0.15) is 41.0 Å². The molecular weight excluding hydrogens is 772 g/mol. The maximum atomic E-state index is 17.2. The largest absolute Gasteiger partial charge is 0.461 e. The molecule has 2 bridgehead atoms. The Kier molecular flexibility index (Phi) is 8.37. The first kappa shape index (κ1) is 35.8. The number of thiophene rings is 1. The molecule has 1 amide bonds. The molecule has 11 nitrogen and oxygen atoms in total. The predicted octanol–water partition coefficient (Wildman–Crippen LogP) is 7.39. The van der Waals surface area contributed by atoms with Crippen molar-refractivity contribution in [1.82, 2.24) is 29.5 Å². The van der Waals surface area contributed by atoms with E-state index in [0.717, 1.165) is 30.4 Å². The number of amides is 1. The standard InChI is InChI=1S/C36H30ClF6N9O2S/c37-24-8-22-29(28(40)27(24)21-4-5-25(39)30-26(21)23(10-44)31(45)55-30)47-33(54-16-35-6-1-7-50(35)13-18(38)9-35)48-32(22)49-14-19-2-3-20(15-49)52(19)34(53)51-12-17(11-46-51)36(41,42)43/h4-5,8,11-12,18-20H,1-3,6-7,9,13-16,45H2/t18-,19?,20?,35+/m1/s1. The number of carbonyl (C=O) groups is 1. The first-order chi connectivity index (χ1) is 26.3. The van der Waals surface area contributed by atoms with Gasteiger partial charge in [-0.1, -0.05) is 17.7 Å². The number of nitrogens with zero attached hydrogens (tertiary/aromatic N) is 8. The number of fused-ring (bicyclic) bond motifs is 5. The Balaban J connectivity index is 1.13. The van der Waals surface area contributed by atoms with Crippen molar-refractivity contribution in [1.29, 1.82) is 5.26 Å². The number of halogens is 7. The molecule has 286 valence electrons. The molecule has 4 aliphatic heterocycles. The van der Waals surface area contributed by atoms with Gasteiger partial charge >= 0.3 is 18.2 Å². The third-order valence-corrected chi connectivity index (χ3v) is 12.7. The van der Waals surface area contributed by atoms with Crippen LogP contribution in [0.1, 0.15) is 43.2 Å². The van der Waals surface area contributed by atoms with Crippen LogP contribution in [0.25, 0.3) is 32.1 Å². The van der Waals surface area contributed by atoms with Gasteiger partial charge in [-0.05, 0) is 49.9 Å². The lowest BCUT2D eigenvalue weighted by Gasteiger charge is -2.41. The summed E-state index contributed by atoms with van der Waals surface area (Å²) < 4.78 is 93.6. The lowest BCUT2D eigenvalue weighted by Crippen LogP contribution is -2.57. The zero-order valence-corrected chi connectivity index (χ0v) is 30.3. The Hall–Kier alpha value is -4.86. The summed E-state index contributed by atoms with van der Waals surface area (Å²) in [5, 5.41) is 13.9. The summed E-state index contributed by atoms with van der Waals surface area (Å²) in [6.45, 7) is 1.42. The summed E-state index contributed by atoms with van der Waals surface area (Å²) in [5.41, 5.74) is 4.23. The van der Waals surface area contributed by atoms with Crippen LogP contribution in [-0.4, -0.2) is 92.2 Å². The van der Waals surface area contributed by atoms with E-state index < -0.39 is 53.2 Å². The number of ether oxygens (including phenoxy) is 1. The Morgan fingerprint density at radius 3 is 2.64 bits per heavy atom. The number of carbonyl (C=O) groups excluding carboxylic acids is 1. The lowest BCUT2D eigenvalue weighted by atomic mass is 9.95. The maximum absolute atomic E-state index is 17.2. The lowest BCUT2D eigenvalue weighted by molar-refractivity contribution is -0.137. The zero-order valence-electron chi connectivity index (χ0n) is 28.7. The fraction of sp³-hybridized carbons (Fsp3) is 0.417. The van der Waals surface area contributed by atoms with Crippen LogP contribution in [0.4, 0.5) is 42.0 Å². The van der Waals surface area contributed by atoms with Gasteiger partial charge < -0.3 is 20.3 Å². The topological polar surface area (TPSA) is 129 Å². The van der Waals surface area contributed by atoms with Gasteiger partial charge in [0.25, 0.3) is 0 Å². The maximum Gasteiger partial charge on any atom is 0.419 e. The summed E-state index contributed by atoms with van der Waals surface area (Å²) in [4.78, 5) is 28.2. The number of rotatable bonds is 5. The quantitative estimate of drug-likeness (QED) is 0.181. The molecule has 4 atom stereocenters. The van der Waals surface area contributed by atoms with E-state index in [1.54, 1.807) is 0 Å². The van der Waals surface area contributed by atoms with Crippen molar-refractivity contribution in [3.8, 4) is 23.2 Å². The second-order valence-electron chi connectivity index (χ2n) is 14.5. The Morgan fingerprint density at radius 1 is 1.16 bits per heavy atom. The van der Waals surface area contributed by atoms with Gasteiger partial charge in [0.2, 0.25) is 0 Å². The summed E-state index contributed by atoms with van der Waals surface area (Å²) in [7, 11) is 0. The molecule has 9 rings (SSSR count). The van der Waals surface area contributed by atoms with Crippen molar-refractivity contribution in [3.05, 3.63) is 58.4 Å². The smallest absolute Gasteiger partial charge is 0.419 e. The van der Waals surface area contributed by atoms with E-state index in [0.29, 0.717) is 36.3 Å².